The summed E-state index contributed by atoms with van der Waals surface area (Å²) in [4.78, 5) is 23.3. The lowest BCUT2D eigenvalue weighted by molar-refractivity contribution is -0.137. The number of aryl methyl sites for hydroxylation is 1. The molecule has 0 saturated heterocycles. The molecular formula is C20H21F3N2O3. The van der Waals surface area contributed by atoms with Crippen LogP contribution in [0.15, 0.2) is 42.5 Å². The molecule has 0 spiro atoms. The Morgan fingerprint density at radius 3 is 2.43 bits per heavy atom. The van der Waals surface area contributed by atoms with Gasteiger partial charge in [0.05, 0.1) is 17.9 Å². The molecule has 0 atom stereocenters. The van der Waals surface area contributed by atoms with Crippen LogP contribution in [0, 0.1) is 0 Å². The van der Waals surface area contributed by atoms with E-state index in [0.717, 1.165) is 17.7 Å². The molecule has 0 bridgehead atoms. The Kier molecular flexibility index (Phi) is 7.03. The summed E-state index contributed by atoms with van der Waals surface area (Å²) in [6.07, 6.45) is -4.36. The van der Waals surface area contributed by atoms with Gasteiger partial charge in [-0.05, 0) is 43.2 Å². The lowest BCUT2D eigenvalue weighted by Gasteiger charge is -2.16. The van der Waals surface area contributed by atoms with Gasteiger partial charge in [-0.2, -0.15) is 13.2 Å². The van der Waals surface area contributed by atoms with Gasteiger partial charge in [0.1, 0.15) is 5.75 Å². The van der Waals surface area contributed by atoms with E-state index in [1.54, 1.807) is 18.2 Å². The molecule has 2 aromatic rings. The Bertz CT molecular complexity index is 851. The molecule has 0 fully saturated rings. The number of halogens is 3. The van der Waals surface area contributed by atoms with Crippen molar-refractivity contribution in [3.05, 3.63) is 53.6 Å². The molecule has 2 N–H and O–H groups in total. The number of anilines is 2. The molecule has 0 radical (unpaired) electrons. The fraction of sp³-hybridized carbons (Fsp3) is 0.300. The number of para-hydroxylation sites is 1. The van der Waals surface area contributed by atoms with Crippen LogP contribution in [0.1, 0.15) is 31.4 Å². The summed E-state index contributed by atoms with van der Waals surface area (Å²) >= 11 is 0. The quantitative estimate of drug-likeness (QED) is 0.719. The van der Waals surface area contributed by atoms with Crippen LogP contribution in [-0.2, 0) is 22.2 Å². The highest BCUT2D eigenvalue weighted by molar-refractivity contribution is 5.93. The van der Waals surface area contributed by atoms with Crippen molar-refractivity contribution in [1.82, 2.24) is 0 Å². The van der Waals surface area contributed by atoms with Crippen molar-refractivity contribution in [3.8, 4) is 5.75 Å². The molecule has 0 aliphatic carbocycles. The third-order valence-corrected chi connectivity index (χ3v) is 3.81. The number of benzene rings is 2. The Balaban J connectivity index is 2.12. The second-order valence-electron chi connectivity index (χ2n) is 6.03. The molecule has 0 aliphatic rings. The van der Waals surface area contributed by atoms with Crippen molar-refractivity contribution in [3.63, 3.8) is 0 Å². The van der Waals surface area contributed by atoms with E-state index in [9.17, 15) is 22.8 Å². The van der Waals surface area contributed by atoms with E-state index < -0.39 is 23.6 Å². The highest BCUT2D eigenvalue weighted by Gasteiger charge is 2.34. The largest absolute Gasteiger partial charge is 0.494 e. The van der Waals surface area contributed by atoms with Crippen LogP contribution in [0.4, 0.5) is 24.5 Å². The van der Waals surface area contributed by atoms with Crippen molar-refractivity contribution in [1.29, 1.82) is 0 Å². The van der Waals surface area contributed by atoms with E-state index in [1.807, 2.05) is 13.0 Å². The van der Waals surface area contributed by atoms with Crippen LogP contribution in [0.3, 0.4) is 0 Å². The topological polar surface area (TPSA) is 67.4 Å². The first-order valence-corrected chi connectivity index (χ1v) is 8.70. The Labute approximate surface area is 160 Å². The number of alkyl halides is 3. The first kappa shape index (κ1) is 21.3. The van der Waals surface area contributed by atoms with Crippen LogP contribution in [-0.4, -0.2) is 18.4 Å². The normalized spacial score (nSPS) is 11.0. The smallest absolute Gasteiger partial charge is 0.418 e. The molecule has 2 amide bonds. The van der Waals surface area contributed by atoms with Gasteiger partial charge in [0.25, 0.3) is 0 Å². The standard InChI is InChI=1S/C20H21F3N2O3/c1-3-28-18-7-5-4-6-14(18)8-11-19(27)25-17-10-9-15(24-13(2)26)12-16(17)20(21,22)23/h4-7,9-10,12H,3,8,11H2,1-2H3,(H,24,26)(H,25,27). The SMILES string of the molecule is CCOc1ccccc1CCC(=O)Nc1ccc(NC(C)=O)cc1C(F)(F)F. The molecule has 0 aromatic heterocycles. The third kappa shape index (κ3) is 6.00. The predicted molar refractivity (Wildman–Crippen MR) is 100 cm³/mol. The summed E-state index contributed by atoms with van der Waals surface area (Å²) in [5.41, 5.74) is -0.577. The lowest BCUT2D eigenvalue weighted by Crippen LogP contribution is -2.18. The first-order valence-electron chi connectivity index (χ1n) is 8.70. The minimum atomic E-state index is -4.68. The number of carbonyl (C=O) groups is 2. The summed E-state index contributed by atoms with van der Waals surface area (Å²) in [5, 5.41) is 4.60. The van der Waals surface area contributed by atoms with Crippen molar-refractivity contribution < 1.29 is 27.5 Å². The van der Waals surface area contributed by atoms with E-state index in [4.69, 9.17) is 4.74 Å². The van der Waals surface area contributed by atoms with E-state index in [-0.39, 0.29) is 17.8 Å². The molecule has 2 rings (SSSR count). The maximum absolute atomic E-state index is 13.3. The van der Waals surface area contributed by atoms with Crippen LogP contribution in [0.5, 0.6) is 5.75 Å². The molecule has 150 valence electrons. The zero-order chi connectivity index (χ0) is 20.7. The number of ether oxygens (including phenoxy) is 1. The van der Waals surface area contributed by atoms with Crippen molar-refractivity contribution in [2.45, 2.75) is 32.9 Å². The van der Waals surface area contributed by atoms with Gasteiger partial charge in [0.15, 0.2) is 0 Å². The molecule has 28 heavy (non-hydrogen) atoms. The summed E-state index contributed by atoms with van der Waals surface area (Å²) in [6, 6.07) is 10.4. The molecule has 5 nitrogen and oxygen atoms in total. The molecule has 2 aromatic carbocycles. The number of carbonyl (C=O) groups excluding carboxylic acids is 2. The fourth-order valence-electron chi connectivity index (χ4n) is 2.64. The molecule has 0 aliphatic heterocycles. The van der Waals surface area contributed by atoms with E-state index in [2.05, 4.69) is 10.6 Å². The van der Waals surface area contributed by atoms with Gasteiger partial charge < -0.3 is 15.4 Å². The summed E-state index contributed by atoms with van der Waals surface area (Å²) in [7, 11) is 0. The number of nitrogens with one attached hydrogen (secondary N) is 2. The lowest BCUT2D eigenvalue weighted by atomic mass is 10.1. The van der Waals surface area contributed by atoms with Crippen LogP contribution >= 0.6 is 0 Å². The van der Waals surface area contributed by atoms with E-state index in [1.165, 1.54) is 13.0 Å². The second-order valence-corrected chi connectivity index (χ2v) is 6.03. The van der Waals surface area contributed by atoms with Crippen LogP contribution in [0.25, 0.3) is 0 Å². The molecule has 0 heterocycles. The Hall–Kier alpha value is -3.03. The van der Waals surface area contributed by atoms with E-state index in [0.29, 0.717) is 18.8 Å². The maximum atomic E-state index is 13.3. The van der Waals surface area contributed by atoms with Crippen LogP contribution in [0.2, 0.25) is 0 Å². The van der Waals surface area contributed by atoms with Gasteiger partial charge in [0.2, 0.25) is 11.8 Å². The highest BCUT2D eigenvalue weighted by atomic mass is 19.4. The van der Waals surface area contributed by atoms with Gasteiger partial charge in [-0.1, -0.05) is 18.2 Å². The van der Waals surface area contributed by atoms with Crippen molar-refractivity contribution in [2.75, 3.05) is 17.2 Å². The highest BCUT2D eigenvalue weighted by Crippen LogP contribution is 2.36. The number of rotatable bonds is 7. The Morgan fingerprint density at radius 2 is 1.79 bits per heavy atom. The van der Waals surface area contributed by atoms with Gasteiger partial charge in [-0.3, -0.25) is 9.59 Å². The fourth-order valence-corrected chi connectivity index (χ4v) is 2.64. The third-order valence-electron chi connectivity index (χ3n) is 3.81. The number of amides is 2. The van der Waals surface area contributed by atoms with Crippen LogP contribution < -0.4 is 15.4 Å². The van der Waals surface area contributed by atoms with Gasteiger partial charge >= 0.3 is 6.18 Å². The summed E-state index contributed by atoms with van der Waals surface area (Å²) in [6.45, 7) is 3.51. The minimum absolute atomic E-state index is 0.00321. The number of hydrogen-bond acceptors (Lipinski definition) is 3. The summed E-state index contributed by atoms with van der Waals surface area (Å²) < 4.78 is 45.5. The molecule has 0 saturated carbocycles. The van der Waals surface area contributed by atoms with Gasteiger partial charge in [-0.15, -0.1) is 0 Å². The van der Waals surface area contributed by atoms with E-state index >= 15 is 0 Å². The average molecular weight is 394 g/mol. The zero-order valence-electron chi connectivity index (χ0n) is 15.5. The maximum Gasteiger partial charge on any atom is 0.418 e. The molecule has 0 unspecified atom stereocenters. The molecular weight excluding hydrogens is 373 g/mol. The van der Waals surface area contributed by atoms with Crippen molar-refractivity contribution >= 4 is 23.2 Å². The average Bonchev–Trinajstić information content (AvgIpc) is 2.61. The molecule has 8 heteroatoms. The van der Waals surface area contributed by atoms with Crippen molar-refractivity contribution in [2.24, 2.45) is 0 Å². The Morgan fingerprint density at radius 1 is 1.07 bits per heavy atom. The van der Waals surface area contributed by atoms with Gasteiger partial charge in [0, 0.05) is 19.0 Å². The minimum Gasteiger partial charge on any atom is -0.494 e. The monoisotopic (exact) mass is 394 g/mol. The summed E-state index contributed by atoms with van der Waals surface area (Å²) in [5.74, 6) is -0.393. The predicted octanol–water partition coefficient (Wildman–Crippen LogP) is 4.63. The number of hydrogen-bond donors (Lipinski definition) is 2. The first-order chi connectivity index (χ1) is 13.2. The zero-order valence-corrected chi connectivity index (χ0v) is 15.5. The van der Waals surface area contributed by atoms with Gasteiger partial charge in [-0.25, -0.2) is 0 Å². The second kappa shape index (κ2) is 9.25.